The first-order valence-electron chi connectivity index (χ1n) is 11.0. The molecule has 0 saturated heterocycles. The van der Waals surface area contributed by atoms with Crippen LogP contribution in [0.25, 0.3) is 0 Å². The molecule has 2 N–H and O–H groups in total. The van der Waals surface area contributed by atoms with Crippen LogP contribution in [0.1, 0.15) is 103 Å². The van der Waals surface area contributed by atoms with Crippen LogP contribution in [0.4, 0.5) is 0 Å². The van der Waals surface area contributed by atoms with E-state index in [2.05, 4.69) is 31.2 Å². The van der Waals surface area contributed by atoms with Crippen molar-refractivity contribution in [2.45, 2.75) is 110 Å². The van der Waals surface area contributed by atoms with E-state index in [0.717, 1.165) is 32.1 Å². The number of allylic oxidation sites excluding steroid dienone is 4. The van der Waals surface area contributed by atoms with Crippen molar-refractivity contribution < 1.29 is 19.7 Å². The topological polar surface area (TPSA) is 66.8 Å². The molecule has 0 amide bonds. The van der Waals surface area contributed by atoms with Gasteiger partial charge in [0.1, 0.15) is 0 Å². The molecular weight excluding hydrogens is 340 g/mol. The Balaban J connectivity index is 3.36. The van der Waals surface area contributed by atoms with E-state index < -0.39 is 6.29 Å². The van der Waals surface area contributed by atoms with Gasteiger partial charge in [-0.3, -0.25) is 4.79 Å². The van der Waals surface area contributed by atoms with E-state index in [9.17, 15) is 9.90 Å². The number of ether oxygens (including phenoxy) is 1. The van der Waals surface area contributed by atoms with Gasteiger partial charge in [0.15, 0.2) is 0 Å². The van der Waals surface area contributed by atoms with Gasteiger partial charge in [0.25, 0.3) is 0 Å². The molecule has 0 aliphatic heterocycles. The third kappa shape index (κ3) is 21.0. The maximum Gasteiger partial charge on any atom is 0.308 e. The molecule has 0 bridgehead atoms. The second kappa shape index (κ2) is 21.2. The van der Waals surface area contributed by atoms with Crippen LogP contribution in [0.3, 0.4) is 0 Å². The molecule has 0 radical (unpaired) electrons. The lowest BCUT2D eigenvalue weighted by Crippen LogP contribution is -2.17. The molecule has 1 unspecified atom stereocenters. The van der Waals surface area contributed by atoms with E-state index in [1.54, 1.807) is 0 Å². The highest BCUT2D eigenvalue weighted by Crippen LogP contribution is 2.10. The maximum atomic E-state index is 11.6. The van der Waals surface area contributed by atoms with E-state index in [4.69, 9.17) is 9.84 Å². The Hall–Kier alpha value is -1.13. The zero-order chi connectivity index (χ0) is 20.0. The first-order valence-corrected chi connectivity index (χ1v) is 11.0. The van der Waals surface area contributed by atoms with E-state index in [-0.39, 0.29) is 12.6 Å². The molecule has 0 spiro atoms. The fourth-order valence-corrected chi connectivity index (χ4v) is 2.78. The minimum Gasteiger partial charge on any atom is -0.436 e. The Morgan fingerprint density at radius 1 is 0.852 bits per heavy atom. The van der Waals surface area contributed by atoms with Crippen LogP contribution in [0.5, 0.6) is 0 Å². The van der Waals surface area contributed by atoms with Crippen molar-refractivity contribution in [3.8, 4) is 0 Å². The van der Waals surface area contributed by atoms with E-state index in [1.165, 1.54) is 38.5 Å². The van der Waals surface area contributed by atoms with Crippen molar-refractivity contribution in [3.05, 3.63) is 24.3 Å². The molecule has 0 aliphatic rings. The lowest BCUT2D eigenvalue weighted by Gasteiger charge is -2.11. The number of rotatable bonds is 19. The lowest BCUT2D eigenvalue weighted by molar-refractivity contribution is -0.169. The standard InChI is InChI=1S/C23H42O4/c1-2-3-4-5-6-7-8-9-10-11-12-13-14-15-16-19-22(25)27-23(26)20-17-18-21-24/h6-7,9-10,23-24,26H,2-5,8,11-21H2,1H3/b7-6-,10-9-. The summed E-state index contributed by atoms with van der Waals surface area (Å²) in [6, 6.07) is 0. The maximum absolute atomic E-state index is 11.6. The third-order valence-corrected chi connectivity index (χ3v) is 4.46. The summed E-state index contributed by atoms with van der Waals surface area (Å²) in [6.07, 6.45) is 22.8. The Morgan fingerprint density at radius 2 is 1.48 bits per heavy atom. The molecule has 4 nitrogen and oxygen atoms in total. The van der Waals surface area contributed by atoms with Crippen molar-refractivity contribution in [2.75, 3.05) is 6.61 Å². The minimum absolute atomic E-state index is 0.104. The average Bonchev–Trinajstić information content (AvgIpc) is 2.65. The van der Waals surface area contributed by atoms with Gasteiger partial charge in [-0.1, -0.05) is 63.3 Å². The molecule has 1 atom stereocenters. The van der Waals surface area contributed by atoms with Crippen LogP contribution in [-0.2, 0) is 9.53 Å². The van der Waals surface area contributed by atoms with Gasteiger partial charge in [-0.15, -0.1) is 0 Å². The van der Waals surface area contributed by atoms with Gasteiger partial charge in [0, 0.05) is 19.4 Å². The van der Waals surface area contributed by atoms with Crippen molar-refractivity contribution in [1.82, 2.24) is 0 Å². The Kier molecular flexibility index (Phi) is 20.3. The highest BCUT2D eigenvalue weighted by molar-refractivity contribution is 5.69. The first-order chi connectivity index (χ1) is 13.2. The smallest absolute Gasteiger partial charge is 0.308 e. The highest BCUT2D eigenvalue weighted by Gasteiger charge is 2.10. The highest BCUT2D eigenvalue weighted by atomic mass is 16.6. The number of carbonyl (C=O) groups is 1. The summed E-state index contributed by atoms with van der Waals surface area (Å²) >= 11 is 0. The monoisotopic (exact) mass is 382 g/mol. The quantitative estimate of drug-likeness (QED) is 0.128. The summed E-state index contributed by atoms with van der Waals surface area (Å²) in [5.74, 6) is -0.322. The molecular formula is C23H42O4. The molecule has 27 heavy (non-hydrogen) atoms. The molecule has 0 aromatic carbocycles. The largest absolute Gasteiger partial charge is 0.436 e. The second-order valence-corrected chi connectivity index (χ2v) is 7.14. The molecule has 4 heteroatoms. The summed E-state index contributed by atoms with van der Waals surface area (Å²) in [5, 5.41) is 18.2. The van der Waals surface area contributed by atoms with Crippen LogP contribution in [0.2, 0.25) is 0 Å². The number of hydrogen-bond donors (Lipinski definition) is 2. The fraction of sp³-hybridized carbons (Fsp3) is 0.783. The predicted octanol–water partition coefficient (Wildman–Crippen LogP) is 5.82. The predicted molar refractivity (Wildman–Crippen MR) is 112 cm³/mol. The number of unbranched alkanes of at least 4 members (excludes halogenated alkanes) is 9. The van der Waals surface area contributed by atoms with Crippen LogP contribution < -0.4 is 0 Å². The van der Waals surface area contributed by atoms with E-state index >= 15 is 0 Å². The summed E-state index contributed by atoms with van der Waals surface area (Å²) in [6.45, 7) is 2.34. The molecule has 0 rings (SSSR count). The van der Waals surface area contributed by atoms with Crippen molar-refractivity contribution in [3.63, 3.8) is 0 Å². The van der Waals surface area contributed by atoms with Crippen LogP contribution in [-0.4, -0.2) is 29.1 Å². The Bertz CT molecular complexity index is 377. The number of aliphatic hydroxyl groups is 2. The van der Waals surface area contributed by atoms with Gasteiger partial charge >= 0.3 is 5.97 Å². The number of aliphatic hydroxyl groups excluding tert-OH is 2. The third-order valence-electron chi connectivity index (χ3n) is 4.46. The molecule has 0 saturated carbocycles. The van der Waals surface area contributed by atoms with Gasteiger partial charge < -0.3 is 14.9 Å². The number of esters is 1. The van der Waals surface area contributed by atoms with Gasteiger partial charge in [0.2, 0.25) is 6.29 Å². The van der Waals surface area contributed by atoms with Gasteiger partial charge in [-0.25, -0.2) is 0 Å². The summed E-state index contributed by atoms with van der Waals surface area (Å²) < 4.78 is 4.94. The average molecular weight is 383 g/mol. The number of hydrogen-bond acceptors (Lipinski definition) is 4. The van der Waals surface area contributed by atoms with Gasteiger partial charge in [0.05, 0.1) is 0 Å². The van der Waals surface area contributed by atoms with Gasteiger partial charge in [-0.05, 0) is 51.4 Å². The fourth-order valence-electron chi connectivity index (χ4n) is 2.78. The normalized spacial score (nSPS) is 12.9. The van der Waals surface area contributed by atoms with Crippen LogP contribution in [0, 0.1) is 0 Å². The SMILES string of the molecule is CCCCC/C=C\C/C=C\CCCCCCCC(=O)OC(O)CCCCO. The zero-order valence-electron chi connectivity index (χ0n) is 17.4. The molecule has 0 aromatic rings. The summed E-state index contributed by atoms with van der Waals surface area (Å²) in [5.41, 5.74) is 0. The Labute approximate surface area is 166 Å². The Morgan fingerprint density at radius 3 is 2.15 bits per heavy atom. The van der Waals surface area contributed by atoms with Crippen molar-refractivity contribution >= 4 is 5.97 Å². The van der Waals surface area contributed by atoms with Gasteiger partial charge in [-0.2, -0.15) is 0 Å². The van der Waals surface area contributed by atoms with Crippen molar-refractivity contribution in [2.24, 2.45) is 0 Å². The lowest BCUT2D eigenvalue weighted by atomic mass is 10.1. The van der Waals surface area contributed by atoms with Crippen LogP contribution >= 0.6 is 0 Å². The molecule has 158 valence electrons. The molecule has 0 aromatic heterocycles. The van der Waals surface area contributed by atoms with E-state index in [1.807, 2.05) is 0 Å². The zero-order valence-corrected chi connectivity index (χ0v) is 17.4. The minimum atomic E-state index is -1.03. The summed E-state index contributed by atoms with van der Waals surface area (Å²) in [4.78, 5) is 11.6. The van der Waals surface area contributed by atoms with Crippen LogP contribution in [0.15, 0.2) is 24.3 Å². The first kappa shape index (κ1) is 25.9. The van der Waals surface area contributed by atoms with E-state index in [0.29, 0.717) is 25.7 Å². The summed E-state index contributed by atoms with van der Waals surface area (Å²) in [7, 11) is 0. The molecule has 0 fully saturated rings. The molecule has 0 heterocycles. The second-order valence-electron chi connectivity index (χ2n) is 7.14. The number of carbonyl (C=O) groups excluding carboxylic acids is 1. The molecule has 0 aliphatic carbocycles. The van der Waals surface area contributed by atoms with Crippen molar-refractivity contribution in [1.29, 1.82) is 0 Å².